The van der Waals surface area contributed by atoms with Gasteiger partial charge in [-0.2, -0.15) is 0 Å². The second-order valence-corrected chi connectivity index (χ2v) is 14.6. The summed E-state index contributed by atoms with van der Waals surface area (Å²) in [6, 6.07) is 69.5. The van der Waals surface area contributed by atoms with Crippen LogP contribution in [-0.2, 0) is 0 Å². The lowest BCUT2D eigenvalue weighted by atomic mass is 10.0. The second-order valence-electron chi connectivity index (χ2n) is 14.6. The molecule has 12 aromatic rings. The molecule has 0 aliphatic carbocycles. The van der Waals surface area contributed by atoms with E-state index in [1.807, 2.05) is 12.1 Å². The zero-order valence-corrected chi connectivity index (χ0v) is 30.3. The van der Waals surface area contributed by atoms with Gasteiger partial charge in [-0.15, -0.1) is 0 Å². The summed E-state index contributed by atoms with van der Waals surface area (Å²) < 4.78 is 4.88. The molecule has 0 bridgehead atoms. The molecule has 0 aliphatic rings. The Kier molecular flexibility index (Phi) is 6.60. The maximum absolute atomic E-state index is 5.40. The number of benzene rings is 9. The van der Waals surface area contributed by atoms with E-state index < -0.39 is 0 Å². The van der Waals surface area contributed by atoms with Gasteiger partial charge in [0.15, 0.2) is 0 Å². The third-order valence-corrected chi connectivity index (χ3v) is 11.4. The molecule has 0 amide bonds. The van der Waals surface area contributed by atoms with Crippen molar-refractivity contribution >= 4 is 76.2 Å². The minimum Gasteiger partial charge on any atom is -0.309 e. The van der Waals surface area contributed by atoms with E-state index in [2.05, 4.69) is 191 Å². The van der Waals surface area contributed by atoms with E-state index >= 15 is 0 Å². The van der Waals surface area contributed by atoms with Crippen molar-refractivity contribution in [1.29, 1.82) is 0 Å². The van der Waals surface area contributed by atoms with Gasteiger partial charge in [-0.1, -0.05) is 146 Å². The van der Waals surface area contributed by atoms with Crippen LogP contribution in [0.2, 0.25) is 0 Å². The minimum absolute atomic E-state index is 0.878. The van der Waals surface area contributed by atoms with Gasteiger partial charge < -0.3 is 9.13 Å². The highest BCUT2D eigenvalue weighted by atomic mass is 15.0. The zero-order valence-electron chi connectivity index (χ0n) is 30.3. The standard InChI is InChI=1S/C52H32N4/c1-4-15-34(16-5-1)49-50(35-17-6-2-7-18-35)54-51-39-28-26-38(30-36(39)25-29-45(51)53-49)56-48-32-47-43(31-44(48)42-27-24-33-14-10-11-21-40(33)52(42)56)41-22-12-13-23-46(41)55(47)37-19-8-3-9-20-37/h1-32H. The average molecular weight is 713 g/mol. The number of fused-ring (bicyclic) bond motifs is 11. The monoisotopic (exact) mass is 712 g/mol. The van der Waals surface area contributed by atoms with Crippen LogP contribution < -0.4 is 0 Å². The molecule has 3 aromatic heterocycles. The van der Waals surface area contributed by atoms with Gasteiger partial charge in [-0.25, -0.2) is 9.97 Å². The normalized spacial score (nSPS) is 11.9. The first-order valence-electron chi connectivity index (χ1n) is 19.1. The lowest BCUT2D eigenvalue weighted by Crippen LogP contribution is -1.98. The number of hydrogen-bond donors (Lipinski definition) is 0. The fourth-order valence-corrected chi connectivity index (χ4v) is 8.93. The van der Waals surface area contributed by atoms with E-state index in [1.165, 1.54) is 54.4 Å². The Morgan fingerprint density at radius 3 is 1.71 bits per heavy atom. The first-order chi connectivity index (χ1) is 27.8. The Labute approximate surface area is 322 Å². The molecular weight excluding hydrogens is 681 g/mol. The topological polar surface area (TPSA) is 35.6 Å². The molecule has 12 rings (SSSR count). The fourth-order valence-electron chi connectivity index (χ4n) is 8.93. The molecule has 0 fully saturated rings. The van der Waals surface area contributed by atoms with Crippen molar-refractivity contribution in [2.75, 3.05) is 0 Å². The molecular formula is C52H32N4. The maximum atomic E-state index is 5.40. The van der Waals surface area contributed by atoms with Crippen molar-refractivity contribution < 1.29 is 0 Å². The van der Waals surface area contributed by atoms with Crippen LogP contribution in [0.1, 0.15) is 0 Å². The van der Waals surface area contributed by atoms with Crippen LogP contribution in [0.3, 0.4) is 0 Å². The summed E-state index contributed by atoms with van der Waals surface area (Å²) >= 11 is 0. The Bertz CT molecular complexity index is 3510. The molecule has 0 radical (unpaired) electrons. The first kappa shape index (κ1) is 30.9. The largest absolute Gasteiger partial charge is 0.309 e. The molecule has 0 aliphatic heterocycles. The quantitative estimate of drug-likeness (QED) is 0.170. The van der Waals surface area contributed by atoms with Crippen molar-refractivity contribution in [3.05, 3.63) is 194 Å². The summed E-state index contributed by atoms with van der Waals surface area (Å²) in [6.45, 7) is 0. The van der Waals surface area contributed by atoms with Crippen molar-refractivity contribution in [2.24, 2.45) is 0 Å². The SMILES string of the molecule is c1ccc(-c2nc3ccc4cc(-n5c6cc7c(cc6c6ccc8ccccc8c65)c5ccccc5n7-c5ccccc5)ccc4c3nc2-c2ccccc2)cc1. The molecule has 56 heavy (non-hydrogen) atoms. The molecule has 0 saturated carbocycles. The maximum Gasteiger partial charge on any atom is 0.0973 e. The lowest BCUT2D eigenvalue weighted by molar-refractivity contribution is 1.17. The molecule has 3 heterocycles. The molecule has 0 N–H and O–H groups in total. The second kappa shape index (κ2) is 12.0. The van der Waals surface area contributed by atoms with Gasteiger partial charge in [0.2, 0.25) is 0 Å². The van der Waals surface area contributed by atoms with Crippen LogP contribution in [0.15, 0.2) is 194 Å². The highest BCUT2D eigenvalue weighted by Crippen LogP contribution is 2.42. The van der Waals surface area contributed by atoms with Gasteiger partial charge >= 0.3 is 0 Å². The van der Waals surface area contributed by atoms with Crippen molar-refractivity contribution in [3.8, 4) is 33.9 Å². The predicted octanol–water partition coefficient (Wildman–Crippen LogP) is 13.5. The van der Waals surface area contributed by atoms with Gasteiger partial charge in [-0.05, 0) is 59.3 Å². The highest BCUT2D eigenvalue weighted by Gasteiger charge is 2.21. The van der Waals surface area contributed by atoms with E-state index in [-0.39, 0.29) is 0 Å². The van der Waals surface area contributed by atoms with E-state index in [1.54, 1.807) is 0 Å². The van der Waals surface area contributed by atoms with Crippen LogP contribution >= 0.6 is 0 Å². The van der Waals surface area contributed by atoms with Crippen molar-refractivity contribution in [3.63, 3.8) is 0 Å². The Balaban J connectivity index is 1.15. The van der Waals surface area contributed by atoms with Crippen LogP contribution in [0.5, 0.6) is 0 Å². The Morgan fingerprint density at radius 2 is 0.929 bits per heavy atom. The molecule has 4 nitrogen and oxygen atoms in total. The Hall–Kier alpha value is -7.56. The van der Waals surface area contributed by atoms with Crippen LogP contribution in [0.25, 0.3) is 110 Å². The van der Waals surface area contributed by atoms with Crippen LogP contribution in [0, 0.1) is 0 Å². The summed E-state index contributed by atoms with van der Waals surface area (Å²) in [6.07, 6.45) is 0. The summed E-state index contributed by atoms with van der Waals surface area (Å²) in [7, 11) is 0. The summed E-state index contributed by atoms with van der Waals surface area (Å²) in [4.78, 5) is 10.7. The number of rotatable bonds is 4. The van der Waals surface area contributed by atoms with E-state index in [0.29, 0.717) is 0 Å². The van der Waals surface area contributed by atoms with Gasteiger partial charge in [-0.3, -0.25) is 0 Å². The summed E-state index contributed by atoms with van der Waals surface area (Å²) in [5.41, 5.74) is 12.7. The zero-order chi connectivity index (χ0) is 36.7. The highest BCUT2D eigenvalue weighted by molar-refractivity contribution is 6.23. The first-order valence-corrected chi connectivity index (χ1v) is 19.1. The third-order valence-electron chi connectivity index (χ3n) is 11.4. The fraction of sp³-hybridized carbons (Fsp3) is 0. The van der Waals surface area contributed by atoms with Crippen LogP contribution in [0.4, 0.5) is 0 Å². The van der Waals surface area contributed by atoms with Crippen molar-refractivity contribution in [2.45, 2.75) is 0 Å². The molecule has 0 unspecified atom stereocenters. The Morgan fingerprint density at radius 1 is 0.321 bits per heavy atom. The van der Waals surface area contributed by atoms with E-state index in [9.17, 15) is 0 Å². The predicted molar refractivity (Wildman–Crippen MR) is 234 cm³/mol. The molecule has 0 saturated heterocycles. The number of aromatic nitrogens is 4. The van der Waals surface area contributed by atoms with E-state index in [0.717, 1.165) is 55.7 Å². The van der Waals surface area contributed by atoms with Gasteiger partial charge in [0.05, 0.1) is 44.5 Å². The number of para-hydroxylation sites is 2. The van der Waals surface area contributed by atoms with Crippen LogP contribution in [-0.4, -0.2) is 19.1 Å². The smallest absolute Gasteiger partial charge is 0.0973 e. The minimum atomic E-state index is 0.878. The summed E-state index contributed by atoms with van der Waals surface area (Å²) in [5, 5.41) is 9.61. The molecule has 4 heteroatoms. The number of hydrogen-bond acceptors (Lipinski definition) is 2. The lowest BCUT2D eigenvalue weighted by Gasteiger charge is -2.14. The summed E-state index contributed by atoms with van der Waals surface area (Å²) in [5.74, 6) is 0. The van der Waals surface area contributed by atoms with Gasteiger partial charge in [0, 0.05) is 54.8 Å². The van der Waals surface area contributed by atoms with Gasteiger partial charge in [0.25, 0.3) is 0 Å². The average Bonchev–Trinajstić information content (AvgIpc) is 3.78. The number of nitrogens with zero attached hydrogens (tertiary/aromatic N) is 4. The van der Waals surface area contributed by atoms with Gasteiger partial charge in [0.1, 0.15) is 0 Å². The third kappa shape index (κ3) is 4.53. The molecule has 9 aromatic carbocycles. The molecule has 0 spiro atoms. The van der Waals surface area contributed by atoms with Crippen molar-refractivity contribution in [1.82, 2.24) is 19.1 Å². The molecule has 260 valence electrons. The van der Waals surface area contributed by atoms with E-state index in [4.69, 9.17) is 9.97 Å². The molecule has 0 atom stereocenters.